The van der Waals surface area contributed by atoms with Crippen LogP contribution < -0.4 is 5.32 Å². The molecule has 2 aromatic carbocycles. The van der Waals surface area contributed by atoms with Gasteiger partial charge >= 0.3 is 5.97 Å². The number of hydrogen-bond acceptors (Lipinski definition) is 3. The molecule has 2 amide bonds. The summed E-state index contributed by atoms with van der Waals surface area (Å²) in [4.78, 5) is 37.6. The van der Waals surface area contributed by atoms with E-state index in [0.717, 1.165) is 18.9 Å². The van der Waals surface area contributed by atoms with Crippen molar-refractivity contribution in [1.29, 1.82) is 0 Å². The topological polar surface area (TPSA) is 86.7 Å². The molecule has 2 aromatic rings. The molecule has 0 aromatic heterocycles. The van der Waals surface area contributed by atoms with Gasteiger partial charge in [0.25, 0.3) is 11.8 Å². The third-order valence-electron chi connectivity index (χ3n) is 4.87. The molecule has 2 N–H and O–H groups in total. The van der Waals surface area contributed by atoms with Crippen LogP contribution in [-0.2, 0) is 0 Å². The Balaban J connectivity index is 1.71. The lowest BCUT2D eigenvalue weighted by atomic mass is 10.00. The van der Waals surface area contributed by atoms with Crippen LogP contribution in [0.15, 0.2) is 48.5 Å². The summed E-state index contributed by atoms with van der Waals surface area (Å²) in [5.41, 5.74) is 0.164. The average molecular weight is 384 g/mol. The van der Waals surface area contributed by atoms with Crippen molar-refractivity contribution in [2.45, 2.75) is 25.3 Å². The molecule has 3 rings (SSSR count). The van der Waals surface area contributed by atoms with Crippen LogP contribution >= 0.6 is 0 Å². The molecule has 1 heterocycles. The van der Waals surface area contributed by atoms with Gasteiger partial charge in [-0.3, -0.25) is 9.59 Å². The molecule has 6 nitrogen and oxygen atoms in total. The predicted molar refractivity (Wildman–Crippen MR) is 101 cm³/mol. The number of amides is 2. The standard InChI is InChI=1S/C21H21FN2O4/c22-18-12-15(21(27)28)9-10-17(18)20(26)24-11-5-4-8-16(24)13-23-19(25)14-6-2-1-3-7-14/h1-3,6-7,9-10,12,16H,4-5,8,11,13H2,(H,23,25)(H,27,28). The molecule has 1 aliphatic rings. The summed E-state index contributed by atoms with van der Waals surface area (Å²) in [6, 6.07) is 11.8. The fraction of sp³-hybridized carbons (Fsp3) is 0.286. The van der Waals surface area contributed by atoms with Crippen LogP contribution in [-0.4, -0.2) is 46.9 Å². The minimum atomic E-state index is -1.25. The Morgan fingerprint density at radius 1 is 1.07 bits per heavy atom. The first-order valence-electron chi connectivity index (χ1n) is 9.14. The van der Waals surface area contributed by atoms with E-state index in [9.17, 15) is 18.8 Å². The number of carboxylic acid groups (broad SMARTS) is 1. The summed E-state index contributed by atoms with van der Waals surface area (Å²) in [5.74, 6) is -2.83. The summed E-state index contributed by atoms with van der Waals surface area (Å²) in [6.07, 6.45) is 2.41. The summed E-state index contributed by atoms with van der Waals surface area (Å²) >= 11 is 0. The molecule has 1 atom stereocenters. The summed E-state index contributed by atoms with van der Waals surface area (Å²) < 4.78 is 14.3. The van der Waals surface area contributed by atoms with E-state index in [1.165, 1.54) is 12.1 Å². The minimum Gasteiger partial charge on any atom is -0.478 e. The van der Waals surface area contributed by atoms with Crippen molar-refractivity contribution >= 4 is 17.8 Å². The van der Waals surface area contributed by atoms with Gasteiger partial charge in [-0.1, -0.05) is 18.2 Å². The molecule has 1 unspecified atom stereocenters. The molecule has 1 aliphatic heterocycles. The van der Waals surface area contributed by atoms with Crippen LogP contribution in [0.4, 0.5) is 4.39 Å². The van der Waals surface area contributed by atoms with Gasteiger partial charge in [0, 0.05) is 24.7 Å². The van der Waals surface area contributed by atoms with Gasteiger partial charge in [-0.2, -0.15) is 0 Å². The molecule has 146 valence electrons. The third kappa shape index (κ3) is 4.36. The Hall–Kier alpha value is -3.22. The average Bonchev–Trinajstić information content (AvgIpc) is 2.72. The van der Waals surface area contributed by atoms with Crippen LogP contribution in [0.1, 0.15) is 50.3 Å². The number of hydrogen-bond donors (Lipinski definition) is 2. The molecule has 0 aliphatic carbocycles. The number of nitrogens with one attached hydrogen (secondary N) is 1. The van der Waals surface area contributed by atoms with Crippen LogP contribution in [0.2, 0.25) is 0 Å². The van der Waals surface area contributed by atoms with Gasteiger partial charge in [0.15, 0.2) is 0 Å². The highest BCUT2D eigenvalue weighted by molar-refractivity contribution is 5.97. The number of piperidine rings is 1. The van der Waals surface area contributed by atoms with Gasteiger partial charge in [-0.15, -0.1) is 0 Å². The number of carboxylic acids is 1. The van der Waals surface area contributed by atoms with Crippen molar-refractivity contribution in [3.63, 3.8) is 0 Å². The number of rotatable bonds is 5. The van der Waals surface area contributed by atoms with Gasteiger partial charge < -0.3 is 15.3 Å². The van der Waals surface area contributed by atoms with Crippen molar-refractivity contribution in [3.8, 4) is 0 Å². The highest BCUT2D eigenvalue weighted by Gasteiger charge is 2.29. The van der Waals surface area contributed by atoms with Crippen molar-refractivity contribution < 1.29 is 23.9 Å². The number of likely N-dealkylation sites (tertiary alicyclic amines) is 1. The van der Waals surface area contributed by atoms with E-state index in [2.05, 4.69) is 5.32 Å². The molecular formula is C21H21FN2O4. The maximum absolute atomic E-state index is 14.3. The number of aromatic carboxylic acids is 1. The number of halogens is 1. The van der Waals surface area contributed by atoms with Gasteiger partial charge in [-0.05, 0) is 49.6 Å². The summed E-state index contributed by atoms with van der Waals surface area (Å²) in [7, 11) is 0. The summed E-state index contributed by atoms with van der Waals surface area (Å²) in [6.45, 7) is 0.735. The zero-order valence-electron chi connectivity index (χ0n) is 15.2. The monoisotopic (exact) mass is 384 g/mol. The second-order valence-corrected chi connectivity index (χ2v) is 6.72. The van der Waals surface area contributed by atoms with E-state index in [1.54, 1.807) is 29.2 Å². The van der Waals surface area contributed by atoms with Crippen LogP contribution in [0.3, 0.4) is 0 Å². The van der Waals surface area contributed by atoms with Crippen LogP contribution in [0.25, 0.3) is 0 Å². The molecular weight excluding hydrogens is 363 g/mol. The predicted octanol–water partition coefficient (Wildman–Crippen LogP) is 2.95. The van der Waals surface area contributed by atoms with Gasteiger partial charge in [-0.25, -0.2) is 9.18 Å². The molecule has 0 bridgehead atoms. The highest BCUT2D eigenvalue weighted by atomic mass is 19.1. The first-order valence-corrected chi connectivity index (χ1v) is 9.14. The third-order valence-corrected chi connectivity index (χ3v) is 4.87. The first-order chi connectivity index (χ1) is 13.5. The van der Waals surface area contributed by atoms with Crippen molar-refractivity contribution in [3.05, 3.63) is 71.0 Å². The first kappa shape index (κ1) is 19.5. The van der Waals surface area contributed by atoms with Gasteiger partial charge in [0.2, 0.25) is 0 Å². The van der Waals surface area contributed by atoms with Gasteiger partial charge in [0.05, 0.1) is 11.1 Å². The number of carbonyl (C=O) groups is 3. The molecule has 1 fully saturated rings. The Morgan fingerprint density at radius 3 is 2.50 bits per heavy atom. The highest BCUT2D eigenvalue weighted by Crippen LogP contribution is 2.21. The molecule has 28 heavy (non-hydrogen) atoms. The number of nitrogens with zero attached hydrogens (tertiary/aromatic N) is 1. The lowest BCUT2D eigenvalue weighted by molar-refractivity contribution is 0.0596. The normalized spacial score (nSPS) is 16.5. The lowest BCUT2D eigenvalue weighted by Crippen LogP contribution is -2.49. The van der Waals surface area contributed by atoms with E-state index in [-0.39, 0.29) is 29.6 Å². The Morgan fingerprint density at radius 2 is 1.82 bits per heavy atom. The van der Waals surface area contributed by atoms with E-state index in [0.29, 0.717) is 18.5 Å². The van der Waals surface area contributed by atoms with E-state index >= 15 is 0 Å². The summed E-state index contributed by atoms with van der Waals surface area (Å²) in [5, 5.41) is 11.8. The zero-order chi connectivity index (χ0) is 20.1. The second-order valence-electron chi connectivity index (χ2n) is 6.72. The van der Waals surface area contributed by atoms with E-state index in [4.69, 9.17) is 5.11 Å². The zero-order valence-corrected chi connectivity index (χ0v) is 15.2. The largest absolute Gasteiger partial charge is 0.478 e. The maximum Gasteiger partial charge on any atom is 0.335 e. The maximum atomic E-state index is 14.3. The molecule has 0 saturated carbocycles. The smallest absolute Gasteiger partial charge is 0.335 e. The van der Waals surface area contributed by atoms with Crippen molar-refractivity contribution in [1.82, 2.24) is 10.2 Å². The SMILES string of the molecule is O=C(O)c1ccc(C(=O)N2CCCCC2CNC(=O)c2ccccc2)c(F)c1. The van der Waals surface area contributed by atoms with Crippen LogP contribution in [0.5, 0.6) is 0 Å². The Bertz CT molecular complexity index is 885. The fourth-order valence-electron chi connectivity index (χ4n) is 3.36. The molecule has 7 heteroatoms. The fourth-order valence-corrected chi connectivity index (χ4v) is 3.36. The number of benzene rings is 2. The van der Waals surface area contributed by atoms with Crippen LogP contribution in [0, 0.1) is 5.82 Å². The molecule has 0 spiro atoms. The molecule has 0 radical (unpaired) electrons. The Kier molecular flexibility index (Phi) is 6.03. The molecule has 1 saturated heterocycles. The second kappa shape index (κ2) is 8.65. The minimum absolute atomic E-state index is 0.161. The van der Waals surface area contributed by atoms with Crippen molar-refractivity contribution in [2.24, 2.45) is 0 Å². The van der Waals surface area contributed by atoms with E-state index in [1.807, 2.05) is 6.07 Å². The number of carbonyl (C=O) groups excluding carboxylic acids is 2. The van der Waals surface area contributed by atoms with E-state index < -0.39 is 17.7 Å². The Labute approximate surface area is 162 Å². The lowest BCUT2D eigenvalue weighted by Gasteiger charge is -2.36. The van der Waals surface area contributed by atoms with Gasteiger partial charge in [0.1, 0.15) is 5.82 Å². The van der Waals surface area contributed by atoms with Crippen molar-refractivity contribution in [2.75, 3.05) is 13.1 Å². The quantitative estimate of drug-likeness (QED) is 0.830.